The maximum atomic E-state index is 12.5. The molecule has 2 heterocycles. The van der Waals surface area contributed by atoms with E-state index < -0.39 is 0 Å². The predicted molar refractivity (Wildman–Crippen MR) is 74.3 cm³/mol. The van der Waals surface area contributed by atoms with Gasteiger partial charge in [-0.15, -0.1) is 22.7 Å². The van der Waals surface area contributed by atoms with Crippen LogP contribution in [0.1, 0.15) is 20.8 Å². The molecule has 0 bridgehead atoms. The van der Waals surface area contributed by atoms with Crippen LogP contribution in [-0.4, -0.2) is 5.78 Å². The first-order valence-electron chi connectivity index (χ1n) is 5.32. The molecule has 3 heteroatoms. The number of aryl methyl sites for hydroxylation is 1. The lowest BCUT2D eigenvalue weighted by Gasteiger charge is -2.01. The minimum absolute atomic E-state index is 0.144. The van der Waals surface area contributed by atoms with Crippen LogP contribution in [0.25, 0.3) is 10.1 Å². The summed E-state index contributed by atoms with van der Waals surface area (Å²) in [5.41, 5.74) is 1.89. The van der Waals surface area contributed by atoms with E-state index >= 15 is 0 Å². The molecule has 84 valence electrons. The Hall–Kier alpha value is -1.45. The Bertz CT molecular complexity index is 691. The van der Waals surface area contributed by atoms with Gasteiger partial charge in [0.15, 0.2) is 0 Å². The van der Waals surface area contributed by atoms with Gasteiger partial charge in [0.2, 0.25) is 5.78 Å². The maximum Gasteiger partial charge on any atom is 0.204 e. The Labute approximate surface area is 107 Å². The fraction of sp³-hybridized carbons (Fsp3) is 0.0714. The normalized spacial score (nSPS) is 10.9. The van der Waals surface area contributed by atoms with Gasteiger partial charge in [-0.1, -0.05) is 12.1 Å². The van der Waals surface area contributed by atoms with Crippen molar-refractivity contribution in [2.24, 2.45) is 0 Å². The second-order valence-corrected chi connectivity index (χ2v) is 5.74. The Morgan fingerprint density at radius 2 is 1.88 bits per heavy atom. The number of benzene rings is 1. The molecular formula is C14H10OS2. The molecule has 3 rings (SSSR count). The van der Waals surface area contributed by atoms with Crippen molar-refractivity contribution >= 4 is 38.5 Å². The summed E-state index contributed by atoms with van der Waals surface area (Å²) in [5.74, 6) is 0.144. The molecule has 0 radical (unpaired) electrons. The molecule has 17 heavy (non-hydrogen) atoms. The fourth-order valence-corrected chi connectivity index (χ4v) is 3.69. The molecule has 0 saturated heterocycles. The van der Waals surface area contributed by atoms with Crippen molar-refractivity contribution < 1.29 is 4.79 Å². The molecule has 0 amide bonds. The van der Waals surface area contributed by atoms with E-state index in [1.54, 1.807) is 11.3 Å². The molecular weight excluding hydrogens is 248 g/mol. The van der Waals surface area contributed by atoms with E-state index in [1.165, 1.54) is 11.3 Å². The van der Waals surface area contributed by atoms with E-state index in [0.29, 0.717) is 0 Å². The smallest absolute Gasteiger partial charge is 0.204 e. The molecule has 0 aliphatic heterocycles. The molecule has 2 aromatic heterocycles. The number of carbonyl (C=O) groups is 1. The van der Waals surface area contributed by atoms with Gasteiger partial charge in [-0.2, -0.15) is 0 Å². The Morgan fingerprint density at radius 1 is 1.06 bits per heavy atom. The van der Waals surface area contributed by atoms with Gasteiger partial charge in [-0.25, -0.2) is 0 Å². The molecule has 0 fully saturated rings. The van der Waals surface area contributed by atoms with Crippen LogP contribution >= 0.6 is 22.7 Å². The summed E-state index contributed by atoms with van der Waals surface area (Å²) in [5, 5.41) is 5.15. The van der Waals surface area contributed by atoms with Crippen LogP contribution in [0.5, 0.6) is 0 Å². The first-order chi connectivity index (χ1) is 8.27. The number of carbonyl (C=O) groups excluding carboxylic acids is 1. The van der Waals surface area contributed by atoms with E-state index in [0.717, 1.165) is 26.1 Å². The predicted octanol–water partition coefficient (Wildman–Crippen LogP) is 4.50. The Balaban J connectivity index is 2.19. The van der Waals surface area contributed by atoms with Gasteiger partial charge in [0, 0.05) is 10.3 Å². The van der Waals surface area contributed by atoms with E-state index in [4.69, 9.17) is 0 Å². The highest BCUT2D eigenvalue weighted by atomic mass is 32.1. The third-order valence-corrected chi connectivity index (χ3v) is 4.77. The summed E-state index contributed by atoms with van der Waals surface area (Å²) < 4.78 is 1.09. The standard InChI is InChI=1S/C14H10OS2/c1-9-5-7-16-13(9)12(15)11-4-2-3-10-6-8-17-14(10)11/h2-8H,1H3. The van der Waals surface area contributed by atoms with Gasteiger partial charge in [0.05, 0.1) is 4.88 Å². The molecule has 0 unspecified atom stereocenters. The highest BCUT2D eigenvalue weighted by molar-refractivity contribution is 7.18. The second-order valence-electron chi connectivity index (χ2n) is 3.91. The highest BCUT2D eigenvalue weighted by Crippen LogP contribution is 2.28. The molecule has 1 aromatic carbocycles. The van der Waals surface area contributed by atoms with E-state index in [-0.39, 0.29) is 5.78 Å². The highest BCUT2D eigenvalue weighted by Gasteiger charge is 2.16. The van der Waals surface area contributed by atoms with Gasteiger partial charge in [-0.05, 0) is 46.8 Å². The zero-order chi connectivity index (χ0) is 11.8. The molecule has 1 nitrogen and oxygen atoms in total. The molecule has 0 saturated carbocycles. The molecule has 0 aliphatic carbocycles. The van der Waals surface area contributed by atoms with Crippen molar-refractivity contribution in [2.45, 2.75) is 6.92 Å². The van der Waals surface area contributed by atoms with Gasteiger partial charge >= 0.3 is 0 Å². The number of hydrogen-bond acceptors (Lipinski definition) is 3. The van der Waals surface area contributed by atoms with E-state index in [1.807, 2.05) is 41.9 Å². The van der Waals surface area contributed by atoms with Gasteiger partial charge in [0.1, 0.15) is 0 Å². The number of fused-ring (bicyclic) bond motifs is 1. The van der Waals surface area contributed by atoms with Crippen molar-refractivity contribution in [3.63, 3.8) is 0 Å². The first kappa shape index (κ1) is 10.7. The van der Waals surface area contributed by atoms with Crippen molar-refractivity contribution in [1.82, 2.24) is 0 Å². The summed E-state index contributed by atoms with van der Waals surface area (Å²) in [6.45, 7) is 1.98. The molecule has 0 atom stereocenters. The van der Waals surface area contributed by atoms with Crippen LogP contribution in [0.15, 0.2) is 41.1 Å². The Kier molecular flexibility index (Phi) is 2.57. The monoisotopic (exact) mass is 258 g/mol. The van der Waals surface area contributed by atoms with Crippen molar-refractivity contribution in [3.8, 4) is 0 Å². The topological polar surface area (TPSA) is 17.1 Å². The first-order valence-corrected chi connectivity index (χ1v) is 7.08. The number of hydrogen-bond donors (Lipinski definition) is 0. The van der Waals surface area contributed by atoms with E-state index in [2.05, 4.69) is 6.07 Å². The average Bonchev–Trinajstić information content (AvgIpc) is 2.95. The van der Waals surface area contributed by atoms with E-state index in [9.17, 15) is 4.79 Å². The van der Waals surface area contributed by atoms with Gasteiger partial charge < -0.3 is 0 Å². The lowest BCUT2D eigenvalue weighted by Crippen LogP contribution is -2.00. The second kappa shape index (κ2) is 4.09. The third kappa shape index (κ3) is 1.72. The third-order valence-electron chi connectivity index (χ3n) is 2.79. The molecule has 3 aromatic rings. The average molecular weight is 258 g/mol. The largest absolute Gasteiger partial charge is 0.288 e. The Morgan fingerprint density at radius 3 is 2.65 bits per heavy atom. The van der Waals surface area contributed by atoms with Gasteiger partial charge in [0.25, 0.3) is 0 Å². The van der Waals surface area contributed by atoms with Crippen molar-refractivity contribution in [2.75, 3.05) is 0 Å². The minimum Gasteiger partial charge on any atom is -0.288 e. The molecule has 0 N–H and O–H groups in total. The summed E-state index contributed by atoms with van der Waals surface area (Å²) >= 11 is 3.15. The fourth-order valence-electron chi connectivity index (χ4n) is 1.90. The van der Waals surface area contributed by atoms with Crippen LogP contribution in [0.4, 0.5) is 0 Å². The summed E-state index contributed by atoms with van der Waals surface area (Å²) in [7, 11) is 0. The van der Waals surface area contributed by atoms with Crippen LogP contribution in [0, 0.1) is 6.92 Å². The number of rotatable bonds is 2. The summed E-state index contributed by atoms with van der Waals surface area (Å²) in [6.07, 6.45) is 0. The van der Waals surface area contributed by atoms with Gasteiger partial charge in [-0.3, -0.25) is 4.79 Å². The van der Waals surface area contributed by atoms with Crippen LogP contribution < -0.4 is 0 Å². The van der Waals surface area contributed by atoms with Crippen molar-refractivity contribution in [3.05, 3.63) is 57.1 Å². The zero-order valence-corrected chi connectivity index (χ0v) is 10.9. The quantitative estimate of drug-likeness (QED) is 0.618. The minimum atomic E-state index is 0.144. The van der Waals surface area contributed by atoms with Crippen molar-refractivity contribution in [1.29, 1.82) is 0 Å². The summed E-state index contributed by atoms with van der Waals surface area (Å²) in [4.78, 5) is 13.3. The van der Waals surface area contributed by atoms with Crippen LogP contribution in [0.3, 0.4) is 0 Å². The number of ketones is 1. The lowest BCUT2D eigenvalue weighted by molar-refractivity contribution is 0.104. The summed E-state index contributed by atoms with van der Waals surface area (Å²) in [6, 6.07) is 9.96. The SMILES string of the molecule is Cc1ccsc1C(=O)c1cccc2ccsc12. The number of thiophene rings is 2. The van der Waals surface area contributed by atoms with Crippen LogP contribution in [0.2, 0.25) is 0 Å². The maximum absolute atomic E-state index is 12.5. The lowest BCUT2D eigenvalue weighted by atomic mass is 10.1. The molecule has 0 aliphatic rings. The zero-order valence-electron chi connectivity index (χ0n) is 9.27. The van der Waals surface area contributed by atoms with Crippen LogP contribution in [-0.2, 0) is 0 Å². The molecule has 0 spiro atoms.